The molecule has 13 heavy (non-hydrogen) atoms. The van der Waals surface area contributed by atoms with Crippen LogP contribution in [0.3, 0.4) is 0 Å². The van der Waals surface area contributed by atoms with Gasteiger partial charge in [-0.2, -0.15) is 5.10 Å². The van der Waals surface area contributed by atoms with Gasteiger partial charge in [-0.05, 0) is 32.3 Å². The highest BCUT2D eigenvalue weighted by molar-refractivity contribution is 6.17. The van der Waals surface area contributed by atoms with Crippen LogP contribution in [0.4, 0.5) is 0 Å². The fraction of sp³-hybridized carbons (Fsp3) is 0.500. The van der Waals surface area contributed by atoms with Crippen molar-refractivity contribution in [2.75, 3.05) is 5.88 Å². The van der Waals surface area contributed by atoms with Crippen LogP contribution in [0.1, 0.15) is 25.5 Å². The average Bonchev–Trinajstić information content (AvgIpc) is 2.53. The van der Waals surface area contributed by atoms with Gasteiger partial charge >= 0.3 is 0 Å². The summed E-state index contributed by atoms with van der Waals surface area (Å²) in [4.78, 5) is 0. The summed E-state index contributed by atoms with van der Waals surface area (Å²) in [7, 11) is 0. The van der Waals surface area contributed by atoms with Crippen LogP contribution in [0.15, 0.2) is 18.8 Å². The van der Waals surface area contributed by atoms with Gasteiger partial charge in [0.2, 0.25) is 0 Å². The van der Waals surface area contributed by atoms with E-state index in [0.717, 1.165) is 36.5 Å². The molecule has 0 saturated heterocycles. The lowest BCUT2D eigenvalue weighted by atomic mass is 10.2. The Morgan fingerprint density at radius 2 is 2.38 bits per heavy atom. The third-order valence-corrected chi connectivity index (χ3v) is 2.12. The van der Waals surface area contributed by atoms with Gasteiger partial charge in [-0.1, -0.05) is 6.58 Å². The van der Waals surface area contributed by atoms with Gasteiger partial charge in [-0.25, -0.2) is 4.68 Å². The Labute approximate surface area is 84.2 Å². The van der Waals surface area contributed by atoms with Crippen molar-refractivity contribution in [1.82, 2.24) is 9.78 Å². The van der Waals surface area contributed by atoms with E-state index in [4.69, 9.17) is 11.6 Å². The molecule has 0 atom stereocenters. The van der Waals surface area contributed by atoms with Crippen molar-refractivity contribution in [3.63, 3.8) is 0 Å². The Balaban J connectivity index is 2.44. The van der Waals surface area contributed by atoms with Gasteiger partial charge < -0.3 is 0 Å². The van der Waals surface area contributed by atoms with Crippen molar-refractivity contribution in [2.45, 2.75) is 26.2 Å². The lowest BCUT2D eigenvalue weighted by molar-refractivity contribution is 0.758. The van der Waals surface area contributed by atoms with E-state index in [1.54, 1.807) is 4.68 Å². The maximum Gasteiger partial charge on any atom is 0.0628 e. The highest BCUT2D eigenvalue weighted by atomic mass is 35.5. The molecule has 72 valence electrons. The minimum Gasteiger partial charge on any atom is -0.246 e. The van der Waals surface area contributed by atoms with Crippen molar-refractivity contribution in [3.8, 4) is 0 Å². The molecule has 0 saturated carbocycles. The molecule has 0 amide bonds. The van der Waals surface area contributed by atoms with Crippen molar-refractivity contribution < 1.29 is 0 Å². The zero-order valence-corrected chi connectivity index (χ0v) is 8.72. The molecule has 3 heteroatoms. The maximum atomic E-state index is 5.58. The SMILES string of the molecule is C=C(C)n1ccc(CCCCCl)n1. The van der Waals surface area contributed by atoms with Crippen molar-refractivity contribution in [1.29, 1.82) is 0 Å². The topological polar surface area (TPSA) is 17.8 Å². The predicted octanol–water partition coefficient (Wildman–Crippen LogP) is 2.94. The molecule has 0 spiro atoms. The van der Waals surface area contributed by atoms with E-state index in [0.29, 0.717) is 0 Å². The van der Waals surface area contributed by atoms with E-state index >= 15 is 0 Å². The summed E-state index contributed by atoms with van der Waals surface area (Å²) in [6.45, 7) is 5.75. The third-order valence-electron chi connectivity index (χ3n) is 1.85. The summed E-state index contributed by atoms with van der Waals surface area (Å²) in [5.41, 5.74) is 2.07. The van der Waals surface area contributed by atoms with Gasteiger partial charge in [0.05, 0.1) is 5.69 Å². The summed E-state index contributed by atoms with van der Waals surface area (Å²) < 4.78 is 1.80. The Bertz CT molecular complexity index is 278. The minimum absolute atomic E-state index is 0.737. The number of hydrogen-bond donors (Lipinski definition) is 0. The molecule has 0 radical (unpaired) electrons. The summed E-state index contributed by atoms with van der Waals surface area (Å²) in [5.74, 6) is 0.737. The first-order valence-corrected chi connectivity index (χ1v) is 5.04. The van der Waals surface area contributed by atoms with Crippen molar-refractivity contribution in [3.05, 3.63) is 24.5 Å². The fourth-order valence-electron chi connectivity index (χ4n) is 1.11. The van der Waals surface area contributed by atoms with E-state index in [1.807, 2.05) is 19.2 Å². The molecule has 0 aromatic carbocycles. The number of aromatic nitrogens is 2. The van der Waals surface area contributed by atoms with E-state index in [-0.39, 0.29) is 0 Å². The van der Waals surface area contributed by atoms with E-state index in [9.17, 15) is 0 Å². The first-order valence-electron chi connectivity index (χ1n) is 4.50. The van der Waals surface area contributed by atoms with Crippen LogP contribution >= 0.6 is 11.6 Å². The zero-order chi connectivity index (χ0) is 9.68. The molecule has 2 nitrogen and oxygen atoms in total. The summed E-state index contributed by atoms with van der Waals surface area (Å²) >= 11 is 5.58. The molecule has 0 aliphatic heterocycles. The number of hydrogen-bond acceptors (Lipinski definition) is 1. The molecule has 0 aliphatic rings. The second-order valence-electron chi connectivity index (χ2n) is 3.13. The lowest BCUT2D eigenvalue weighted by Gasteiger charge is -1.97. The number of nitrogens with zero attached hydrogens (tertiary/aromatic N) is 2. The van der Waals surface area contributed by atoms with Crippen LogP contribution in [0.25, 0.3) is 5.70 Å². The van der Waals surface area contributed by atoms with Crippen LogP contribution in [0.2, 0.25) is 0 Å². The molecular weight excluding hydrogens is 184 g/mol. The lowest BCUT2D eigenvalue weighted by Crippen LogP contribution is -1.94. The molecule has 0 bridgehead atoms. The monoisotopic (exact) mass is 198 g/mol. The van der Waals surface area contributed by atoms with Gasteiger partial charge in [0.25, 0.3) is 0 Å². The number of alkyl halides is 1. The highest BCUT2D eigenvalue weighted by Gasteiger charge is 1.98. The van der Waals surface area contributed by atoms with Gasteiger partial charge in [0.15, 0.2) is 0 Å². The molecule has 0 unspecified atom stereocenters. The second kappa shape index (κ2) is 5.07. The number of aryl methyl sites for hydroxylation is 1. The van der Waals surface area contributed by atoms with Crippen LogP contribution in [-0.2, 0) is 6.42 Å². The number of allylic oxidation sites excluding steroid dienone is 1. The number of rotatable bonds is 5. The molecular formula is C10H15ClN2. The standard InChI is InChI=1S/C10H15ClN2/c1-9(2)13-8-6-10(12-13)5-3-4-7-11/h6,8H,1,3-5,7H2,2H3. The van der Waals surface area contributed by atoms with Crippen LogP contribution in [-0.4, -0.2) is 15.7 Å². The quantitative estimate of drug-likeness (QED) is 0.526. The van der Waals surface area contributed by atoms with Crippen molar-refractivity contribution >= 4 is 17.3 Å². The normalized spacial score (nSPS) is 10.3. The second-order valence-corrected chi connectivity index (χ2v) is 3.51. The molecule has 1 aromatic rings. The fourth-order valence-corrected chi connectivity index (χ4v) is 1.30. The summed E-state index contributed by atoms with van der Waals surface area (Å²) in [5, 5.41) is 4.36. The van der Waals surface area contributed by atoms with Gasteiger partial charge in [-0.3, -0.25) is 0 Å². The molecule has 1 rings (SSSR count). The Morgan fingerprint density at radius 1 is 1.62 bits per heavy atom. The van der Waals surface area contributed by atoms with Gasteiger partial charge in [-0.15, -0.1) is 11.6 Å². The molecule has 1 aromatic heterocycles. The summed E-state index contributed by atoms with van der Waals surface area (Å²) in [6.07, 6.45) is 5.11. The largest absolute Gasteiger partial charge is 0.246 e. The number of halogens is 1. The first kappa shape index (κ1) is 10.3. The van der Waals surface area contributed by atoms with Crippen LogP contribution in [0.5, 0.6) is 0 Å². The molecule has 0 N–H and O–H groups in total. The van der Waals surface area contributed by atoms with Crippen LogP contribution < -0.4 is 0 Å². The summed E-state index contributed by atoms with van der Waals surface area (Å²) in [6, 6.07) is 2.03. The average molecular weight is 199 g/mol. The molecule has 1 heterocycles. The molecule has 0 aliphatic carbocycles. The van der Waals surface area contributed by atoms with Crippen molar-refractivity contribution in [2.24, 2.45) is 0 Å². The Kier molecular flexibility index (Phi) is 4.03. The van der Waals surface area contributed by atoms with Gasteiger partial charge in [0, 0.05) is 17.8 Å². The first-order chi connectivity index (χ1) is 6.24. The Morgan fingerprint density at radius 3 is 2.92 bits per heavy atom. The Hall–Kier alpha value is -0.760. The smallest absolute Gasteiger partial charge is 0.0628 e. The van der Waals surface area contributed by atoms with Crippen LogP contribution in [0, 0.1) is 0 Å². The minimum atomic E-state index is 0.737. The van der Waals surface area contributed by atoms with E-state index in [2.05, 4.69) is 11.7 Å². The maximum absolute atomic E-state index is 5.58. The van der Waals surface area contributed by atoms with E-state index in [1.165, 1.54) is 0 Å². The highest BCUT2D eigenvalue weighted by Crippen LogP contribution is 2.05. The number of unbranched alkanes of at least 4 members (excludes halogenated alkanes) is 1. The zero-order valence-electron chi connectivity index (χ0n) is 7.96. The van der Waals surface area contributed by atoms with Gasteiger partial charge in [0.1, 0.15) is 0 Å². The third kappa shape index (κ3) is 3.23. The van der Waals surface area contributed by atoms with E-state index < -0.39 is 0 Å². The molecule has 0 fully saturated rings. The predicted molar refractivity (Wildman–Crippen MR) is 56.9 cm³/mol.